The van der Waals surface area contributed by atoms with Crippen molar-refractivity contribution in [3.63, 3.8) is 0 Å². The van der Waals surface area contributed by atoms with E-state index in [2.05, 4.69) is 0 Å². The van der Waals surface area contributed by atoms with Crippen LogP contribution in [0.1, 0.15) is 25.3 Å². The number of aryl methyl sites for hydroxylation is 1. The molecule has 8 heteroatoms. The molecule has 0 saturated carbocycles. The lowest BCUT2D eigenvalue weighted by Crippen LogP contribution is -2.32. The number of hydrogen-bond acceptors (Lipinski definition) is 5. The molecular formula is C20H25NO5S2. The highest BCUT2D eigenvalue weighted by Gasteiger charge is 2.39. The van der Waals surface area contributed by atoms with Gasteiger partial charge in [-0.3, -0.25) is 0 Å². The zero-order valence-corrected chi connectivity index (χ0v) is 17.7. The standard InChI is InChI=1S/C20H25NO5S2/c1-3-13-26-20-10-9-18(14-16(20)2)28(24,25)21-12-11-19(15-21)27(22,23)17-7-5-4-6-8-17/h4-10,14,19H,3,11-13,15H2,1-2H3. The first-order valence-corrected chi connectivity index (χ1v) is 12.3. The summed E-state index contributed by atoms with van der Waals surface area (Å²) < 4.78 is 58.5. The van der Waals surface area contributed by atoms with E-state index in [9.17, 15) is 16.8 Å². The van der Waals surface area contributed by atoms with Crippen LogP contribution in [-0.4, -0.2) is 46.1 Å². The summed E-state index contributed by atoms with van der Waals surface area (Å²) in [6, 6.07) is 12.9. The van der Waals surface area contributed by atoms with Crippen molar-refractivity contribution in [2.45, 2.75) is 41.7 Å². The van der Waals surface area contributed by atoms with Gasteiger partial charge in [0.1, 0.15) is 5.75 Å². The minimum Gasteiger partial charge on any atom is -0.493 e. The maximum Gasteiger partial charge on any atom is 0.243 e. The smallest absolute Gasteiger partial charge is 0.243 e. The van der Waals surface area contributed by atoms with Gasteiger partial charge in [-0.1, -0.05) is 25.1 Å². The van der Waals surface area contributed by atoms with Crippen LogP contribution in [0.5, 0.6) is 5.75 Å². The van der Waals surface area contributed by atoms with Crippen molar-refractivity contribution in [1.82, 2.24) is 4.31 Å². The second-order valence-electron chi connectivity index (χ2n) is 6.91. The molecule has 0 aliphatic carbocycles. The summed E-state index contributed by atoms with van der Waals surface area (Å²) in [5.41, 5.74) is 0.738. The van der Waals surface area contributed by atoms with Crippen LogP contribution in [0.15, 0.2) is 58.3 Å². The van der Waals surface area contributed by atoms with E-state index >= 15 is 0 Å². The minimum absolute atomic E-state index is 0.0350. The Bertz CT molecular complexity index is 1030. The number of nitrogens with zero attached hydrogens (tertiary/aromatic N) is 1. The molecule has 1 aliphatic heterocycles. The lowest BCUT2D eigenvalue weighted by molar-refractivity contribution is 0.315. The number of benzene rings is 2. The molecule has 1 heterocycles. The zero-order chi connectivity index (χ0) is 20.4. The van der Waals surface area contributed by atoms with Crippen molar-refractivity contribution < 1.29 is 21.6 Å². The fraction of sp³-hybridized carbons (Fsp3) is 0.400. The highest BCUT2D eigenvalue weighted by atomic mass is 32.2. The number of ether oxygens (including phenoxy) is 1. The number of sulfonamides is 1. The average molecular weight is 424 g/mol. The fourth-order valence-electron chi connectivity index (χ4n) is 3.28. The molecule has 2 aromatic carbocycles. The van der Waals surface area contributed by atoms with Gasteiger partial charge >= 0.3 is 0 Å². The van der Waals surface area contributed by atoms with Crippen LogP contribution in [0.2, 0.25) is 0 Å². The lowest BCUT2D eigenvalue weighted by atomic mass is 10.2. The Morgan fingerprint density at radius 1 is 1.04 bits per heavy atom. The van der Waals surface area contributed by atoms with E-state index in [0.29, 0.717) is 12.4 Å². The minimum atomic E-state index is -3.76. The van der Waals surface area contributed by atoms with Gasteiger partial charge in [0.25, 0.3) is 0 Å². The third-order valence-corrected chi connectivity index (χ3v) is 8.92. The highest BCUT2D eigenvalue weighted by Crippen LogP contribution is 2.30. The van der Waals surface area contributed by atoms with E-state index in [4.69, 9.17) is 4.74 Å². The highest BCUT2D eigenvalue weighted by molar-refractivity contribution is 7.92. The fourth-order valence-corrected chi connectivity index (χ4v) is 6.67. The van der Waals surface area contributed by atoms with Crippen LogP contribution < -0.4 is 4.74 Å². The first-order chi connectivity index (χ1) is 13.3. The second-order valence-corrected chi connectivity index (χ2v) is 11.1. The maximum absolute atomic E-state index is 13.0. The summed E-state index contributed by atoms with van der Waals surface area (Å²) in [5, 5.41) is -0.738. The zero-order valence-electron chi connectivity index (χ0n) is 16.0. The van der Waals surface area contributed by atoms with Crippen LogP contribution in [-0.2, 0) is 19.9 Å². The van der Waals surface area contributed by atoms with Gasteiger partial charge in [-0.2, -0.15) is 4.31 Å². The maximum atomic E-state index is 13.0. The molecule has 2 aromatic rings. The van der Waals surface area contributed by atoms with Crippen LogP contribution in [0.3, 0.4) is 0 Å². The van der Waals surface area contributed by atoms with Crippen molar-refractivity contribution in [2.24, 2.45) is 0 Å². The molecule has 3 rings (SSSR count). The Morgan fingerprint density at radius 2 is 1.75 bits per heavy atom. The van der Waals surface area contributed by atoms with Crippen LogP contribution in [0.4, 0.5) is 0 Å². The Balaban J connectivity index is 1.80. The Kier molecular flexibility index (Phi) is 6.12. The van der Waals surface area contributed by atoms with Crippen molar-refractivity contribution in [1.29, 1.82) is 0 Å². The molecule has 0 bridgehead atoms. The predicted molar refractivity (Wildman–Crippen MR) is 108 cm³/mol. The van der Waals surface area contributed by atoms with E-state index in [1.807, 2.05) is 6.92 Å². The quantitative estimate of drug-likeness (QED) is 0.684. The molecule has 1 fully saturated rings. The van der Waals surface area contributed by atoms with Gasteiger partial charge in [-0.05, 0) is 55.7 Å². The summed E-state index contributed by atoms with van der Waals surface area (Å²) >= 11 is 0. The van der Waals surface area contributed by atoms with Crippen LogP contribution in [0.25, 0.3) is 0 Å². The van der Waals surface area contributed by atoms with E-state index in [1.165, 1.54) is 10.4 Å². The molecule has 1 atom stereocenters. The third-order valence-electron chi connectivity index (χ3n) is 4.86. The predicted octanol–water partition coefficient (Wildman–Crippen LogP) is 3.02. The molecule has 0 aromatic heterocycles. The molecule has 0 radical (unpaired) electrons. The van der Waals surface area contributed by atoms with E-state index < -0.39 is 25.1 Å². The average Bonchev–Trinajstić information content (AvgIpc) is 3.19. The molecule has 0 amide bonds. The monoisotopic (exact) mass is 423 g/mol. The summed E-state index contributed by atoms with van der Waals surface area (Å²) in [6.07, 6.45) is 1.15. The molecular weight excluding hydrogens is 398 g/mol. The summed E-state index contributed by atoms with van der Waals surface area (Å²) in [6.45, 7) is 4.52. The van der Waals surface area contributed by atoms with Gasteiger partial charge in [0.05, 0.1) is 21.6 Å². The molecule has 152 valence electrons. The first kappa shape index (κ1) is 20.8. The van der Waals surface area contributed by atoms with Gasteiger partial charge in [0, 0.05) is 13.1 Å². The molecule has 1 aliphatic rings. The van der Waals surface area contributed by atoms with Crippen LogP contribution >= 0.6 is 0 Å². The van der Waals surface area contributed by atoms with Gasteiger partial charge in [0.15, 0.2) is 9.84 Å². The third kappa shape index (κ3) is 4.09. The number of sulfone groups is 1. The topological polar surface area (TPSA) is 80.8 Å². The van der Waals surface area contributed by atoms with E-state index in [0.717, 1.165) is 12.0 Å². The molecule has 0 N–H and O–H groups in total. The largest absolute Gasteiger partial charge is 0.493 e. The number of hydrogen-bond donors (Lipinski definition) is 0. The Morgan fingerprint density at radius 3 is 2.39 bits per heavy atom. The first-order valence-electron chi connectivity index (χ1n) is 9.29. The van der Waals surface area contributed by atoms with Crippen molar-refractivity contribution in [3.05, 3.63) is 54.1 Å². The molecule has 28 heavy (non-hydrogen) atoms. The Hall–Kier alpha value is -1.90. The van der Waals surface area contributed by atoms with Gasteiger partial charge in [0.2, 0.25) is 10.0 Å². The second kappa shape index (κ2) is 8.23. The summed E-state index contributed by atoms with van der Waals surface area (Å²) in [5.74, 6) is 0.659. The molecule has 1 saturated heterocycles. The molecule has 1 unspecified atom stereocenters. The van der Waals surface area contributed by atoms with E-state index in [-0.39, 0.29) is 29.3 Å². The summed E-state index contributed by atoms with van der Waals surface area (Å²) in [4.78, 5) is 0.388. The van der Waals surface area contributed by atoms with Gasteiger partial charge in [-0.15, -0.1) is 0 Å². The molecule has 0 spiro atoms. The normalized spacial score (nSPS) is 18.3. The van der Waals surface area contributed by atoms with Gasteiger partial charge in [-0.25, -0.2) is 16.8 Å². The van der Waals surface area contributed by atoms with E-state index in [1.54, 1.807) is 49.4 Å². The van der Waals surface area contributed by atoms with Crippen molar-refractivity contribution >= 4 is 19.9 Å². The molecule has 6 nitrogen and oxygen atoms in total. The van der Waals surface area contributed by atoms with Crippen molar-refractivity contribution in [3.8, 4) is 5.75 Å². The number of rotatable bonds is 7. The SMILES string of the molecule is CCCOc1ccc(S(=O)(=O)N2CCC(S(=O)(=O)c3ccccc3)C2)cc1C. The lowest BCUT2D eigenvalue weighted by Gasteiger charge is -2.18. The Labute approximate surface area is 167 Å². The van der Waals surface area contributed by atoms with Crippen LogP contribution in [0, 0.1) is 6.92 Å². The van der Waals surface area contributed by atoms with Crippen molar-refractivity contribution in [2.75, 3.05) is 19.7 Å². The summed E-state index contributed by atoms with van der Waals surface area (Å²) in [7, 11) is -7.33. The van der Waals surface area contributed by atoms with Gasteiger partial charge < -0.3 is 4.74 Å².